The molecule has 2 aromatic rings. The number of carboxylic acids is 2. The first-order valence-corrected chi connectivity index (χ1v) is 12.6. The third-order valence-electron chi connectivity index (χ3n) is 6.07. The van der Waals surface area contributed by atoms with E-state index in [0.717, 1.165) is 25.0 Å². The van der Waals surface area contributed by atoms with Crippen molar-refractivity contribution < 1.29 is 53.7 Å². The zero-order valence-electron chi connectivity index (χ0n) is 22.1. The Morgan fingerprint density at radius 1 is 1.10 bits per heavy atom. The highest BCUT2D eigenvalue weighted by Crippen LogP contribution is 2.37. The summed E-state index contributed by atoms with van der Waals surface area (Å²) in [5.74, 6) is -5.90. The molecule has 0 aliphatic carbocycles. The lowest BCUT2D eigenvalue weighted by molar-refractivity contribution is -0.168. The first kappa shape index (κ1) is 31.6. The molecular formula is C26H33N3O11. The number of rotatable bonds is 17. The second kappa shape index (κ2) is 15.1. The van der Waals surface area contributed by atoms with Crippen LogP contribution in [-0.2, 0) is 14.4 Å². The number of carbonyl (C=O) groups excluding carboxylic acids is 3. The van der Waals surface area contributed by atoms with Gasteiger partial charge in [0.2, 0.25) is 12.3 Å². The highest BCUT2D eigenvalue weighted by atomic mass is 16.5. The van der Waals surface area contributed by atoms with Crippen molar-refractivity contribution >= 4 is 30.2 Å². The van der Waals surface area contributed by atoms with Crippen LogP contribution in [0.25, 0.3) is 11.3 Å². The Hall–Kier alpha value is -4.59. The molecular weight excluding hydrogens is 530 g/mol. The van der Waals surface area contributed by atoms with E-state index >= 15 is 0 Å². The molecule has 40 heavy (non-hydrogen) atoms. The molecule has 1 aromatic heterocycles. The SMILES string of the molecule is CCCCC[C@@H](C(=O)NCNC(=O)c1ccc(-c2cc(OCC(=O)O)cc(C(=O)O)c2O)o1)[C@@H](CC)N(O)C=O. The average Bonchev–Trinajstić information content (AvgIpc) is 3.41. The van der Waals surface area contributed by atoms with E-state index in [-0.39, 0.29) is 35.9 Å². The highest BCUT2D eigenvalue weighted by molar-refractivity contribution is 5.95. The van der Waals surface area contributed by atoms with Crippen molar-refractivity contribution in [2.24, 2.45) is 5.92 Å². The number of aromatic hydroxyl groups is 1. The maximum Gasteiger partial charge on any atom is 0.341 e. The topological polar surface area (TPSA) is 216 Å². The van der Waals surface area contributed by atoms with Crippen LogP contribution in [0, 0.1) is 5.92 Å². The summed E-state index contributed by atoms with van der Waals surface area (Å²) in [6.45, 7) is 2.68. The predicted molar refractivity (Wildman–Crippen MR) is 138 cm³/mol. The summed E-state index contributed by atoms with van der Waals surface area (Å²) in [5.41, 5.74) is -0.727. The van der Waals surface area contributed by atoms with Gasteiger partial charge in [-0.1, -0.05) is 33.1 Å². The van der Waals surface area contributed by atoms with Gasteiger partial charge in [-0.2, -0.15) is 0 Å². The fourth-order valence-electron chi connectivity index (χ4n) is 4.07. The molecule has 0 aliphatic heterocycles. The van der Waals surface area contributed by atoms with Gasteiger partial charge in [-0.15, -0.1) is 0 Å². The molecule has 0 aliphatic rings. The number of aromatic carboxylic acids is 1. The van der Waals surface area contributed by atoms with E-state index in [2.05, 4.69) is 10.6 Å². The summed E-state index contributed by atoms with van der Waals surface area (Å²) < 4.78 is 10.5. The number of unbranched alkanes of at least 4 members (excludes halogenated alkanes) is 2. The molecule has 0 spiro atoms. The Balaban J connectivity index is 2.13. The predicted octanol–water partition coefficient (Wildman–Crippen LogP) is 2.44. The number of amides is 3. The number of carbonyl (C=O) groups is 5. The molecule has 0 radical (unpaired) electrons. The molecule has 2 rings (SSSR count). The van der Waals surface area contributed by atoms with Gasteiger partial charge in [0.05, 0.1) is 24.2 Å². The molecule has 3 amide bonds. The van der Waals surface area contributed by atoms with E-state index in [1.165, 1.54) is 12.1 Å². The Bertz CT molecular complexity index is 1210. The molecule has 218 valence electrons. The highest BCUT2D eigenvalue weighted by Gasteiger charge is 2.30. The summed E-state index contributed by atoms with van der Waals surface area (Å²) in [6, 6.07) is 3.92. The summed E-state index contributed by atoms with van der Waals surface area (Å²) >= 11 is 0. The monoisotopic (exact) mass is 563 g/mol. The van der Waals surface area contributed by atoms with Crippen molar-refractivity contribution in [1.82, 2.24) is 15.7 Å². The van der Waals surface area contributed by atoms with E-state index in [1.54, 1.807) is 6.92 Å². The summed E-state index contributed by atoms with van der Waals surface area (Å²) in [5, 5.41) is 44.0. The third-order valence-corrected chi connectivity index (χ3v) is 6.07. The number of nitrogens with zero attached hydrogens (tertiary/aromatic N) is 1. The van der Waals surface area contributed by atoms with Crippen LogP contribution in [0.3, 0.4) is 0 Å². The Morgan fingerprint density at radius 2 is 1.82 bits per heavy atom. The lowest BCUT2D eigenvalue weighted by atomic mass is 9.90. The molecule has 6 N–H and O–H groups in total. The van der Waals surface area contributed by atoms with Crippen molar-refractivity contribution in [3.63, 3.8) is 0 Å². The Labute approximate surface area is 229 Å². The number of carboxylic acid groups (broad SMARTS) is 2. The van der Waals surface area contributed by atoms with Crippen molar-refractivity contribution in [3.05, 3.63) is 35.6 Å². The van der Waals surface area contributed by atoms with Crippen LogP contribution in [0.2, 0.25) is 0 Å². The van der Waals surface area contributed by atoms with Crippen LogP contribution in [0.4, 0.5) is 0 Å². The number of furan rings is 1. The number of benzene rings is 1. The lowest BCUT2D eigenvalue weighted by Gasteiger charge is -2.29. The minimum Gasteiger partial charge on any atom is -0.506 e. The van der Waals surface area contributed by atoms with E-state index < -0.39 is 53.6 Å². The van der Waals surface area contributed by atoms with Crippen LogP contribution < -0.4 is 15.4 Å². The van der Waals surface area contributed by atoms with Gasteiger partial charge in [0.1, 0.15) is 22.8 Å². The smallest absolute Gasteiger partial charge is 0.341 e. The molecule has 0 bridgehead atoms. The van der Waals surface area contributed by atoms with Crippen LogP contribution >= 0.6 is 0 Å². The normalized spacial score (nSPS) is 12.2. The van der Waals surface area contributed by atoms with Gasteiger partial charge in [0.25, 0.3) is 5.91 Å². The number of nitrogens with one attached hydrogen (secondary N) is 2. The zero-order chi connectivity index (χ0) is 29.8. The second-order valence-electron chi connectivity index (χ2n) is 8.81. The fourth-order valence-corrected chi connectivity index (χ4v) is 4.07. The number of phenols is 1. The number of hydrogen-bond acceptors (Lipinski definition) is 9. The van der Waals surface area contributed by atoms with Gasteiger partial charge >= 0.3 is 11.9 Å². The maximum atomic E-state index is 12.9. The third kappa shape index (κ3) is 8.46. The molecule has 1 aromatic carbocycles. The lowest BCUT2D eigenvalue weighted by Crippen LogP contribution is -2.47. The van der Waals surface area contributed by atoms with Crippen molar-refractivity contribution in [3.8, 4) is 22.8 Å². The molecule has 0 saturated heterocycles. The van der Waals surface area contributed by atoms with Crippen LogP contribution in [0.5, 0.6) is 11.5 Å². The standard InChI is InChI=1S/C26H33N3O11/c1-3-5-6-7-16(19(4-2)29(38)14-30)24(34)27-13-28-25(35)21-9-8-20(40-21)17-10-15(39-12-22(31)32)11-18(23(17)33)26(36)37/h8-11,14,16,19,33,38H,3-7,12-13H2,1-2H3,(H,27,34)(H,28,35)(H,31,32)(H,36,37)/t16-,19-/m1/s1. The summed E-state index contributed by atoms with van der Waals surface area (Å²) in [4.78, 5) is 58.9. The van der Waals surface area contributed by atoms with Gasteiger partial charge in [0.15, 0.2) is 12.4 Å². The molecule has 2 atom stereocenters. The van der Waals surface area contributed by atoms with Gasteiger partial charge in [0, 0.05) is 0 Å². The first-order valence-electron chi connectivity index (χ1n) is 12.6. The molecule has 14 nitrogen and oxygen atoms in total. The Morgan fingerprint density at radius 3 is 2.42 bits per heavy atom. The number of ether oxygens (including phenoxy) is 1. The second-order valence-corrected chi connectivity index (χ2v) is 8.81. The van der Waals surface area contributed by atoms with Crippen LogP contribution in [-0.4, -0.2) is 75.1 Å². The summed E-state index contributed by atoms with van der Waals surface area (Å²) in [6.07, 6.45) is 3.49. The number of hydroxylamine groups is 2. The van der Waals surface area contributed by atoms with Crippen molar-refractivity contribution in [2.75, 3.05) is 13.3 Å². The van der Waals surface area contributed by atoms with E-state index in [0.29, 0.717) is 24.3 Å². The van der Waals surface area contributed by atoms with Crippen LogP contribution in [0.15, 0.2) is 28.7 Å². The van der Waals surface area contributed by atoms with Crippen molar-refractivity contribution in [2.45, 2.75) is 52.0 Å². The molecule has 0 saturated carbocycles. The van der Waals surface area contributed by atoms with Gasteiger partial charge < -0.3 is 35.1 Å². The number of hydrogen-bond donors (Lipinski definition) is 6. The number of aliphatic carboxylic acids is 1. The van der Waals surface area contributed by atoms with E-state index in [4.69, 9.17) is 14.3 Å². The van der Waals surface area contributed by atoms with Crippen LogP contribution in [0.1, 0.15) is 66.9 Å². The summed E-state index contributed by atoms with van der Waals surface area (Å²) in [7, 11) is 0. The minimum absolute atomic E-state index is 0.103. The minimum atomic E-state index is -1.50. The van der Waals surface area contributed by atoms with Gasteiger partial charge in [-0.25, -0.2) is 14.7 Å². The first-order chi connectivity index (χ1) is 19.0. The zero-order valence-corrected chi connectivity index (χ0v) is 22.1. The fraction of sp³-hybridized carbons (Fsp3) is 0.423. The van der Waals surface area contributed by atoms with Gasteiger partial charge in [-0.3, -0.25) is 19.6 Å². The molecule has 14 heteroatoms. The largest absolute Gasteiger partial charge is 0.506 e. The van der Waals surface area contributed by atoms with E-state index in [1.807, 2.05) is 6.92 Å². The quantitative estimate of drug-likeness (QED) is 0.0540. The van der Waals surface area contributed by atoms with Crippen molar-refractivity contribution in [1.29, 1.82) is 0 Å². The molecule has 1 heterocycles. The molecule has 0 fully saturated rings. The average molecular weight is 564 g/mol. The van der Waals surface area contributed by atoms with Gasteiger partial charge in [-0.05, 0) is 37.1 Å². The maximum absolute atomic E-state index is 12.9. The van der Waals surface area contributed by atoms with E-state index in [9.17, 15) is 39.4 Å². The Kier molecular flexibility index (Phi) is 12.0. The molecule has 0 unspecified atom stereocenters.